The first kappa shape index (κ1) is 28.0. The highest BCUT2D eigenvalue weighted by molar-refractivity contribution is 7.46. The monoisotopic (exact) mass is 425 g/mol. The molecule has 0 rings (SSSR count). The third-order valence-electron chi connectivity index (χ3n) is 5.03. The van der Waals surface area contributed by atoms with E-state index in [4.69, 9.17) is 9.79 Å². The van der Waals surface area contributed by atoms with Crippen molar-refractivity contribution >= 4 is 7.82 Å². The Labute approximate surface area is 171 Å². The van der Waals surface area contributed by atoms with Crippen molar-refractivity contribution in [1.29, 1.82) is 0 Å². The van der Waals surface area contributed by atoms with E-state index in [1.54, 1.807) is 18.7 Å². The number of phosphoric acid groups is 1. The summed E-state index contributed by atoms with van der Waals surface area (Å²) in [6.45, 7) is 4.27. The van der Waals surface area contributed by atoms with Crippen molar-refractivity contribution in [3.8, 4) is 0 Å². The molecular formula is C20H44NO6P. The van der Waals surface area contributed by atoms with Crippen LogP contribution in [0.25, 0.3) is 0 Å². The second kappa shape index (κ2) is 17.8. The van der Waals surface area contributed by atoms with Crippen LogP contribution in [0.15, 0.2) is 0 Å². The molecule has 28 heavy (non-hydrogen) atoms. The number of rotatable bonds is 20. The van der Waals surface area contributed by atoms with Crippen molar-refractivity contribution in [3.63, 3.8) is 0 Å². The smallest absolute Gasteiger partial charge is 0.379 e. The summed E-state index contributed by atoms with van der Waals surface area (Å²) in [6.07, 6.45) is 15.1. The third kappa shape index (κ3) is 19.3. The highest BCUT2D eigenvalue weighted by atomic mass is 31.2. The van der Waals surface area contributed by atoms with E-state index in [9.17, 15) is 14.8 Å². The highest BCUT2D eigenvalue weighted by Crippen LogP contribution is 2.35. The fourth-order valence-electron chi connectivity index (χ4n) is 3.39. The van der Waals surface area contributed by atoms with Crippen molar-refractivity contribution < 1.29 is 29.1 Å². The van der Waals surface area contributed by atoms with Crippen LogP contribution >= 0.6 is 7.82 Å². The molecule has 0 heterocycles. The van der Waals surface area contributed by atoms with Gasteiger partial charge in [-0.05, 0) is 26.7 Å². The second-order valence-corrected chi connectivity index (χ2v) is 9.01. The average molecular weight is 426 g/mol. The second-order valence-electron chi connectivity index (χ2n) is 7.78. The van der Waals surface area contributed by atoms with Gasteiger partial charge in [-0.15, -0.1) is 0 Å². The minimum Gasteiger partial charge on any atom is -0.379 e. The number of hydrogen-bond donors (Lipinski definition) is 4. The maximum Gasteiger partial charge on any atom is 0.469 e. The minimum atomic E-state index is -4.29. The fourth-order valence-corrected chi connectivity index (χ4v) is 3.75. The van der Waals surface area contributed by atoms with Crippen LogP contribution in [0.4, 0.5) is 0 Å². The maximum atomic E-state index is 10.5. The molecular weight excluding hydrogens is 381 g/mol. The number of hydrogen-bond acceptors (Lipinski definition) is 5. The first-order chi connectivity index (χ1) is 13.2. The molecule has 0 saturated carbocycles. The largest absolute Gasteiger partial charge is 0.469 e. The molecule has 8 heteroatoms. The van der Waals surface area contributed by atoms with Gasteiger partial charge < -0.3 is 20.0 Å². The zero-order valence-corrected chi connectivity index (χ0v) is 18.9. The Kier molecular flexibility index (Phi) is 17.8. The van der Waals surface area contributed by atoms with Crippen LogP contribution in [-0.2, 0) is 9.09 Å². The van der Waals surface area contributed by atoms with Crippen LogP contribution in [0.1, 0.15) is 104 Å². The molecule has 0 radical (unpaired) electrons. The summed E-state index contributed by atoms with van der Waals surface area (Å²) in [5, 5.41) is 19.1. The number of phosphoric ester groups is 1. The zero-order chi connectivity index (χ0) is 21.3. The Morgan fingerprint density at radius 2 is 1.00 bits per heavy atom. The standard InChI is InChI=1S/C20H44NO6P/c1-19(22)21(20(2)23)17-15-13-11-9-7-5-3-4-6-8-10-12-14-16-18-27-28(24,25)26/h19-20,22-23H,3-18H2,1-2H3,(H2,24,25,26). The zero-order valence-electron chi connectivity index (χ0n) is 18.0. The SMILES string of the molecule is CC(O)N(CCCCCCCCCCCCCCCCOP(=O)(O)O)C(C)O. The van der Waals surface area contributed by atoms with Gasteiger partial charge in [-0.2, -0.15) is 0 Å². The quantitative estimate of drug-likeness (QED) is 0.129. The summed E-state index contributed by atoms with van der Waals surface area (Å²) in [6, 6.07) is 0. The molecule has 170 valence electrons. The van der Waals surface area contributed by atoms with Crippen LogP contribution in [-0.4, -0.2) is 50.5 Å². The Morgan fingerprint density at radius 3 is 1.32 bits per heavy atom. The Balaban J connectivity index is 3.23. The Bertz CT molecular complexity index is 381. The van der Waals surface area contributed by atoms with Gasteiger partial charge in [0, 0.05) is 6.54 Å². The van der Waals surface area contributed by atoms with Crippen LogP contribution < -0.4 is 0 Å². The molecule has 0 aromatic heterocycles. The first-order valence-electron chi connectivity index (χ1n) is 11.1. The van der Waals surface area contributed by atoms with Gasteiger partial charge in [0.2, 0.25) is 0 Å². The molecule has 0 spiro atoms. The molecule has 2 unspecified atom stereocenters. The molecule has 0 amide bonds. The number of aliphatic hydroxyl groups excluding tert-OH is 2. The summed E-state index contributed by atoms with van der Waals surface area (Å²) >= 11 is 0. The normalized spacial score (nSPS) is 14.5. The molecule has 0 aliphatic carbocycles. The van der Waals surface area contributed by atoms with Gasteiger partial charge in [0.1, 0.15) is 12.5 Å². The van der Waals surface area contributed by atoms with Crippen LogP contribution in [0.2, 0.25) is 0 Å². The molecule has 0 fully saturated rings. The fraction of sp³-hybridized carbons (Fsp3) is 1.00. The predicted octanol–water partition coefficient (Wildman–Crippen LogP) is 4.54. The van der Waals surface area contributed by atoms with Crippen LogP contribution in [0.3, 0.4) is 0 Å². The lowest BCUT2D eigenvalue weighted by Gasteiger charge is -2.27. The van der Waals surface area contributed by atoms with Crippen molar-refractivity contribution in [3.05, 3.63) is 0 Å². The lowest BCUT2D eigenvalue weighted by Crippen LogP contribution is -2.40. The van der Waals surface area contributed by atoms with E-state index in [2.05, 4.69) is 4.52 Å². The van der Waals surface area contributed by atoms with Crippen molar-refractivity contribution in [2.45, 2.75) is 116 Å². The lowest BCUT2D eigenvalue weighted by atomic mass is 10.0. The van der Waals surface area contributed by atoms with E-state index < -0.39 is 20.3 Å². The van der Waals surface area contributed by atoms with Gasteiger partial charge in [-0.1, -0.05) is 77.0 Å². The average Bonchev–Trinajstić information content (AvgIpc) is 2.59. The third-order valence-corrected chi connectivity index (χ3v) is 5.55. The summed E-state index contributed by atoms with van der Waals surface area (Å²) in [4.78, 5) is 18.8. The van der Waals surface area contributed by atoms with Crippen molar-refractivity contribution in [2.75, 3.05) is 13.2 Å². The summed E-state index contributed by atoms with van der Waals surface area (Å²) in [7, 11) is -4.29. The Hall–Kier alpha value is -0.0100. The van der Waals surface area contributed by atoms with E-state index in [1.807, 2.05) is 0 Å². The van der Waals surface area contributed by atoms with Crippen LogP contribution in [0.5, 0.6) is 0 Å². The Morgan fingerprint density at radius 1 is 0.679 bits per heavy atom. The predicted molar refractivity (Wildman–Crippen MR) is 113 cm³/mol. The van der Waals surface area contributed by atoms with Crippen molar-refractivity contribution in [1.82, 2.24) is 4.90 Å². The molecule has 4 N–H and O–H groups in total. The summed E-state index contributed by atoms with van der Waals surface area (Å²) in [5.41, 5.74) is 0. The van der Waals surface area contributed by atoms with Gasteiger partial charge >= 0.3 is 7.82 Å². The lowest BCUT2D eigenvalue weighted by molar-refractivity contribution is -0.0844. The number of nitrogens with zero attached hydrogens (tertiary/aromatic N) is 1. The topological polar surface area (TPSA) is 110 Å². The maximum absolute atomic E-state index is 10.5. The molecule has 0 aromatic rings. The molecule has 7 nitrogen and oxygen atoms in total. The number of unbranched alkanes of at least 4 members (excludes halogenated alkanes) is 13. The molecule has 0 aromatic carbocycles. The summed E-state index contributed by atoms with van der Waals surface area (Å²) in [5.74, 6) is 0. The molecule has 2 atom stereocenters. The summed E-state index contributed by atoms with van der Waals surface area (Å²) < 4.78 is 14.9. The molecule has 0 saturated heterocycles. The number of aliphatic hydroxyl groups is 2. The van der Waals surface area contributed by atoms with Gasteiger partial charge in [0.25, 0.3) is 0 Å². The first-order valence-corrected chi connectivity index (χ1v) is 12.6. The van der Waals surface area contributed by atoms with E-state index >= 15 is 0 Å². The van der Waals surface area contributed by atoms with E-state index in [-0.39, 0.29) is 6.61 Å². The van der Waals surface area contributed by atoms with E-state index in [0.29, 0.717) is 6.42 Å². The van der Waals surface area contributed by atoms with Crippen LogP contribution in [0, 0.1) is 0 Å². The van der Waals surface area contributed by atoms with E-state index in [1.165, 1.54) is 57.8 Å². The van der Waals surface area contributed by atoms with Gasteiger partial charge in [-0.25, -0.2) is 4.57 Å². The van der Waals surface area contributed by atoms with E-state index in [0.717, 1.165) is 32.2 Å². The van der Waals surface area contributed by atoms with Gasteiger partial charge in [0.05, 0.1) is 6.61 Å². The van der Waals surface area contributed by atoms with Gasteiger partial charge in [0.15, 0.2) is 0 Å². The molecule has 0 aliphatic rings. The van der Waals surface area contributed by atoms with Crippen molar-refractivity contribution in [2.24, 2.45) is 0 Å². The molecule has 0 aliphatic heterocycles. The molecule has 0 bridgehead atoms. The highest BCUT2D eigenvalue weighted by Gasteiger charge is 2.15. The van der Waals surface area contributed by atoms with Gasteiger partial charge in [-0.3, -0.25) is 9.42 Å². The minimum absolute atomic E-state index is 0.143.